The van der Waals surface area contributed by atoms with Crippen LogP contribution in [0.5, 0.6) is 0 Å². The highest BCUT2D eigenvalue weighted by molar-refractivity contribution is 7.84. The summed E-state index contributed by atoms with van der Waals surface area (Å²) in [6.45, 7) is 0. The molecule has 2 atom stereocenters. The Morgan fingerprint density at radius 3 is 2.32 bits per heavy atom. The van der Waals surface area contributed by atoms with Crippen LogP contribution in [0.2, 0.25) is 0 Å². The third kappa shape index (κ3) is 4.26. The third-order valence-electron chi connectivity index (χ3n) is 2.77. The lowest BCUT2D eigenvalue weighted by Gasteiger charge is -2.10. The molecule has 0 fully saturated rings. The van der Waals surface area contributed by atoms with Crippen molar-refractivity contribution in [3.05, 3.63) is 71.5 Å². The minimum atomic E-state index is -1.15. The highest BCUT2D eigenvalue weighted by atomic mass is 32.2. The Hall–Kier alpha value is -1.52. The first kappa shape index (κ1) is 13.9. The Morgan fingerprint density at radius 1 is 1.05 bits per heavy atom. The minimum Gasteiger partial charge on any atom is -0.387 e. The molecule has 2 nitrogen and oxygen atoms in total. The van der Waals surface area contributed by atoms with Crippen LogP contribution >= 0.6 is 0 Å². The van der Waals surface area contributed by atoms with Gasteiger partial charge in [0.1, 0.15) is 5.82 Å². The molecule has 0 saturated carbocycles. The number of aliphatic hydroxyl groups excluding tert-OH is 1. The van der Waals surface area contributed by atoms with Gasteiger partial charge in [-0.1, -0.05) is 42.5 Å². The fourth-order valence-electron chi connectivity index (χ4n) is 1.78. The summed E-state index contributed by atoms with van der Waals surface area (Å²) in [5.74, 6) is 0.223. The lowest BCUT2D eigenvalue weighted by Crippen LogP contribution is -2.10. The van der Waals surface area contributed by atoms with Crippen molar-refractivity contribution in [1.82, 2.24) is 0 Å². The number of hydrogen-bond acceptors (Lipinski definition) is 2. The molecule has 1 N–H and O–H groups in total. The van der Waals surface area contributed by atoms with Gasteiger partial charge in [-0.2, -0.15) is 0 Å². The molecule has 2 aromatic rings. The predicted octanol–water partition coefficient (Wildman–Crippen LogP) is 2.81. The number of halogens is 1. The molecular formula is C15H15FO2S. The van der Waals surface area contributed by atoms with Crippen LogP contribution in [0.1, 0.15) is 17.2 Å². The van der Waals surface area contributed by atoms with Gasteiger partial charge in [0.15, 0.2) is 0 Å². The average Bonchev–Trinajstić information content (AvgIpc) is 2.40. The van der Waals surface area contributed by atoms with Gasteiger partial charge in [-0.25, -0.2) is 4.39 Å². The highest BCUT2D eigenvalue weighted by Gasteiger charge is 2.12. The van der Waals surface area contributed by atoms with Crippen LogP contribution in [0.3, 0.4) is 0 Å². The summed E-state index contributed by atoms with van der Waals surface area (Å²) < 4.78 is 24.7. The number of aliphatic hydroxyl groups is 1. The zero-order valence-corrected chi connectivity index (χ0v) is 11.1. The molecule has 0 aliphatic rings. The molecule has 0 heterocycles. The Labute approximate surface area is 114 Å². The molecule has 2 rings (SSSR count). The first-order chi connectivity index (χ1) is 9.15. The normalized spacial score (nSPS) is 14.0. The molecule has 2 unspecified atom stereocenters. The highest BCUT2D eigenvalue weighted by Crippen LogP contribution is 2.16. The van der Waals surface area contributed by atoms with E-state index in [4.69, 9.17) is 0 Å². The van der Waals surface area contributed by atoms with Gasteiger partial charge in [0, 0.05) is 16.6 Å². The lowest BCUT2D eigenvalue weighted by molar-refractivity contribution is 0.203. The molecule has 19 heavy (non-hydrogen) atoms. The monoisotopic (exact) mass is 278 g/mol. The quantitative estimate of drug-likeness (QED) is 0.913. The Kier molecular flexibility index (Phi) is 4.82. The number of benzene rings is 2. The summed E-state index contributed by atoms with van der Waals surface area (Å²) in [6.07, 6.45) is -0.829. The Bertz CT molecular complexity index is 540. The second kappa shape index (κ2) is 6.59. The molecule has 0 amide bonds. The van der Waals surface area contributed by atoms with Crippen molar-refractivity contribution in [2.24, 2.45) is 0 Å². The van der Waals surface area contributed by atoms with Gasteiger partial charge in [-0.05, 0) is 23.3 Å². The van der Waals surface area contributed by atoms with Crippen molar-refractivity contribution in [3.63, 3.8) is 0 Å². The van der Waals surface area contributed by atoms with Crippen LogP contribution < -0.4 is 0 Å². The second-order valence-corrected chi connectivity index (χ2v) is 5.81. The lowest BCUT2D eigenvalue weighted by atomic mass is 10.1. The average molecular weight is 278 g/mol. The van der Waals surface area contributed by atoms with E-state index in [-0.39, 0.29) is 11.6 Å². The van der Waals surface area contributed by atoms with Gasteiger partial charge in [0.2, 0.25) is 0 Å². The van der Waals surface area contributed by atoms with E-state index in [2.05, 4.69) is 0 Å². The summed E-state index contributed by atoms with van der Waals surface area (Å²) in [4.78, 5) is 0. The van der Waals surface area contributed by atoms with E-state index in [1.165, 1.54) is 24.3 Å². The van der Waals surface area contributed by atoms with E-state index in [0.29, 0.717) is 11.3 Å². The van der Waals surface area contributed by atoms with Crippen LogP contribution in [0.15, 0.2) is 54.6 Å². The smallest absolute Gasteiger partial charge is 0.123 e. The maximum absolute atomic E-state index is 12.8. The summed E-state index contributed by atoms with van der Waals surface area (Å²) in [5, 5.41) is 9.94. The Morgan fingerprint density at radius 2 is 1.68 bits per heavy atom. The molecule has 4 heteroatoms. The summed E-state index contributed by atoms with van der Waals surface area (Å²) >= 11 is 0. The van der Waals surface area contributed by atoms with Crippen molar-refractivity contribution in [3.8, 4) is 0 Å². The molecule has 0 saturated heterocycles. The molecular weight excluding hydrogens is 263 g/mol. The number of rotatable bonds is 5. The van der Waals surface area contributed by atoms with Crippen LogP contribution in [-0.2, 0) is 16.6 Å². The fourth-order valence-corrected chi connectivity index (χ4v) is 3.00. The maximum atomic E-state index is 12.8. The zero-order chi connectivity index (χ0) is 13.7. The standard InChI is InChI=1S/C15H15FO2S/c16-14-8-6-13(7-9-14)15(17)11-19(18)10-12-4-2-1-3-5-12/h1-9,15,17H,10-11H2. The van der Waals surface area contributed by atoms with Crippen molar-refractivity contribution in [2.45, 2.75) is 11.9 Å². The maximum Gasteiger partial charge on any atom is 0.123 e. The molecule has 2 aromatic carbocycles. The van der Waals surface area contributed by atoms with Crippen molar-refractivity contribution in [1.29, 1.82) is 0 Å². The first-order valence-corrected chi connectivity index (χ1v) is 7.46. The minimum absolute atomic E-state index is 0.153. The van der Waals surface area contributed by atoms with Crippen LogP contribution in [-0.4, -0.2) is 15.1 Å². The molecule has 0 aromatic heterocycles. The fraction of sp³-hybridized carbons (Fsp3) is 0.200. The van der Waals surface area contributed by atoms with E-state index in [9.17, 15) is 13.7 Å². The van der Waals surface area contributed by atoms with E-state index >= 15 is 0 Å². The summed E-state index contributed by atoms with van der Waals surface area (Å²) in [6, 6.07) is 15.1. The van der Waals surface area contributed by atoms with Gasteiger partial charge in [0.05, 0.1) is 11.9 Å². The van der Waals surface area contributed by atoms with Gasteiger partial charge in [-0.15, -0.1) is 0 Å². The second-order valence-electron chi connectivity index (χ2n) is 4.30. The summed E-state index contributed by atoms with van der Waals surface area (Å²) in [5.41, 5.74) is 1.56. The molecule has 0 aliphatic carbocycles. The van der Waals surface area contributed by atoms with Gasteiger partial charge in [-0.3, -0.25) is 4.21 Å². The van der Waals surface area contributed by atoms with Crippen molar-refractivity contribution >= 4 is 10.8 Å². The third-order valence-corrected chi connectivity index (χ3v) is 4.11. The van der Waals surface area contributed by atoms with Crippen LogP contribution in [0, 0.1) is 5.82 Å². The molecule has 0 radical (unpaired) electrons. The summed E-state index contributed by atoms with van der Waals surface area (Å²) in [7, 11) is -1.15. The van der Waals surface area contributed by atoms with Crippen molar-refractivity contribution < 1.29 is 13.7 Å². The van der Waals surface area contributed by atoms with Crippen molar-refractivity contribution in [2.75, 3.05) is 5.75 Å². The Balaban J connectivity index is 1.93. The number of hydrogen-bond donors (Lipinski definition) is 1. The molecule has 100 valence electrons. The van der Waals surface area contributed by atoms with E-state index in [0.717, 1.165) is 5.56 Å². The zero-order valence-electron chi connectivity index (χ0n) is 10.3. The molecule has 0 spiro atoms. The topological polar surface area (TPSA) is 37.3 Å². The van der Waals surface area contributed by atoms with Crippen LogP contribution in [0.4, 0.5) is 4.39 Å². The van der Waals surface area contributed by atoms with Gasteiger partial charge in [0.25, 0.3) is 0 Å². The van der Waals surface area contributed by atoms with Gasteiger partial charge < -0.3 is 5.11 Å². The van der Waals surface area contributed by atoms with E-state index < -0.39 is 16.9 Å². The molecule has 0 bridgehead atoms. The first-order valence-electron chi connectivity index (χ1n) is 5.97. The SMILES string of the molecule is O=S(Cc1ccccc1)CC(O)c1ccc(F)cc1. The predicted molar refractivity (Wildman–Crippen MR) is 74.5 cm³/mol. The molecule has 0 aliphatic heterocycles. The van der Waals surface area contributed by atoms with Crippen LogP contribution in [0.25, 0.3) is 0 Å². The van der Waals surface area contributed by atoms with Gasteiger partial charge >= 0.3 is 0 Å². The largest absolute Gasteiger partial charge is 0.387 e. The van der Waals surface area contributed by atoms with E-state index in [1.807, 2.05) is 30.3 Å². The van der Waals surface area contributed by atoms with E-state index in [1.54, 1.807) is 0 Å².